The van der Waals surface area contributed by atoms with Gasteiger partial charge < -0.3 is 14.2 Å². The van der Waals surface area contributed by atoms with Gasteiger partial charge >= 0.3 is 23.9 Å². The Kier molecular flexibility index (Phi) is 5.76. The van der Waals surface area contributed by atoms with Crippen LogP contribution in [-0.4, -0.2) is 36.6 Å². The summed E-state index contributed by atoms with van der Waals surface area (Å²) in [6.07, 6.45) is -1.11. The first kappa shape index (κ1) is 14.1. The van der Waals surface area contributed by atoms with Crippen LogP contribution in [0.3, 0.4) is 0 Å². The molecule has 1 atom stereocenters. The van der Waals surface area contributed by atoms with Crippen molar-refractivity contribution in [1.29, 1.82) is 0 Å². The van der Waals surface area contributed by atoms with E-state index in [1.165, 1.54) is 6.92 Å². The number of hydrogen-bond acceptors (Lipinski definition) is 7. The Morgan fingerprint density at radius 2 is 1.62 bits per heavy atom. The Balaban J connectivity index is 3.93. The third-order valence-corrected chi connectivity index (χ3v) is 1.26. The number of ether oxygens (including phenoxy) is 3. The average Bonchev–Trinajstić information content (AvgIpc) is 2.11. The summed E-state index contributed by atoms with van der Waals surface area (Å²) in [5, 5.41) is 0. The zero-order valence-electron chi connectivity index (χ0n) is 9.14. The molecular formula is C9H12O7. The quantitative estimate of drug-likeness (QED) is 0.368. The van der Waals surface area contributed by atoms with E-state index in [2.05, 4.69) is 14.2 Å². The van der Waals surface area contributed by atoms with Crippen LogP contribution < -0.4 is 0 Å². The highest BCUT2D eigenvalue weighted by atomic mass is 16.6. The third kappa shape index (κ3) is 6.52. The zero-order chi connectivity index (χ0) is 12.7. The lowest BCUT2D eigenvalue weighted by atomic mass is 10.4. The summed E-state index contributed by atoms with van der Waals surface area (Å²) in [4.78, 5) is 42.7. The summed E-state index contributed by atoms with van der Waals surface area (Å²) >= 11 is 0. The number of rotatable bonds is 4. The van der Waals surface area contributed by atoms with Crippen LogP contribution in [0.4, 0.5) is 0 Å². The molecule has 0 aliphatic carbocycles. The highest BCUT2D eigenvalue weighted by Crippen LogP contribution is 1.95. The van der Waals surface area contributed by atoms with Gasteiger partial charge in [0.15, 0.2) is 12.7 Å². The van der Waals surface area contributed by atoms with Gasteiger partial charge in [-0.1, -0.05) is 0 Å². The van der Waals surface area contributed by atoms with Crippen LogP contribution in [0.15, 0.2) is 0 Å². The largest absolute Gasteiger partial charge is 0.451 e. The molecule has 0 saturated heterocycles. The van der Waals surface area contributed by atoms with E-state index in [1.54, 1.807) is 0 Å². The lowest BCUT2D eigenvalue weighted by molar-refractivity contribution is -0.172. The molecule has 0 aliphatic rings. The van der Waals surface area contributed by atoms with E-state index < -0.39 is 36.6 Å². The van der Waals surface area contributed by atoms with Crippen molar-refractivity contribution >= 4 is 23.9 Å². The molecule has 0 rings (SSSR count). The molecule has 0 bridgehead atoms. The van der Waals surface area contributed by atoms with Gasteiger partial charge in [-0.2, -0.15) is 0 Å². The van der Waals surface area contributed by atoms with Crippen molar-refractivity contribution in [2.45, 2.75) is 26.9 Å². The molecule has 7 heteroatoms. The maximum Gasteiger partial charge on any atom is 0.351 e. The maximum atomic E-state index is 11.1. The lowest BCUT2D eigenvalue weighted by Gasteiger charge is -2.10. The first-order chi connectivity index (χ1) is 7.32. The summed E-state index contributed by atoms with van der Waals surface area (Å²) in [7, 11) is 0. The molecule has 7 nitrogen and oxygen atoms in total. The molecule has 0 aromatic rings. The van der Waals surface area contributed by atoms with E-state index in [-0.39, 0.29) is 0 Å². The smallest absolute Gasteiger partial charge is 0.351 e. The Bertz CT molecular complexity index is 307. The molecular weight excluding hydrogens is 220 g/mol. The van der Waals surface area contributed by atoms with Gasteiger partial charge in [-0.15, -0.1) is 0 Å². The molecule has 0 aromatic carbocycles. The van der Waals surface area contributed by atoms with Crippen LogP contribution in [0, 0.1) is 0 Å². The van der Waals surface area contributed by atoms with Crippen molar-refractivity contribution in [3.05, 3.63) is 0 Å². The van der Waals surface area contributed by atoms with Crippen LogP contribution in [0.5, 0.6) is 0 Å². The second-order valence-corrected chi connectivity index (χ2v) is 2.83. The minimum Gasteiger partial charge on any atom is -0.451 e. The number of carbonyl (C=O) groups excluding carboxylic acids is 4. The summed E-state index contributed by atoms with van der Waals surface area (Å²) in [5.41, 5.74) is 0. The predicted molar refractivity (Wildman–Crippen MR) is 49.0 cm³/mol. The topological polar surface area (TPSA) is 96.0 Å². The molecule has 0 aliphatic heterocycles. The second-order valence-electron chi connectivity index (χ2n) is 2.83. The van der Waals surface area contributed by atoms with Crippen LogP contribution in [0.1, 0.15) is 20.8 Å². The van der Waals surface area contributed by atoms with Crippen LogP contribution in [-0.2, 0) is 33.4 Å². The number of hydrogen-bond donors (Lipinski definition) is 0. The van der Waals surface area contributed by atoms with Crippen molar-refractivity contribution in [2.75, 3.05) is 6.61 Å². The van der Waals surface area contributed by atoms with Crippen LogP contribution in [0.25, 0.3) is 0 Å². The normalized spacial score (nSPS) is 11.2. The van der Waals surface area contributed by atoms with Crippen molar-refractivity contribution in [3.8, 4) is 0 Å². The summed E-state index contributed by atoms with van der Waals surface area (Å²) in [6.45, 7) is 2.76. The van der Waals surface area contributed by atoms with Crippen LogP contribution in [0.2, 0.25) is 0 Å². The summed E-state index contributed by atoms with van der Waals surface area (Å²) in [6, 6.07) is 0. The van der Waals surface area contributed by atoms with E-state index in [0.717, 1.165) is 13.8 Å². The standard InChI is InChI=1S/C9H12O7/c1-5(15-6(2)10)9(13)14-4-8(12)16-7(3)11/h5H,4H2,1-3H3. The van der Waals surface area contributed by atoms with Crippen molar-refractivity contribution < 1.29 is 33.4 Å². The first-order valence-electron chi connectivity index (χ1n) is 4.38. The minimum absolute atomic E-state index is 0.643. The van der Waals surface area contributed by atoms with E-state index >= 15 is 0 Å². The Morgan fingerprint density at radius 3 is 2.06 bits per heavy atom. The molecule has 0 saturated carbocycles. The van der Waals surface area contributed by atoms with E-state index in [9.17, 15) is 19.2 Å². The van der Waals surface area contributed by atoms with Crippen molar-refractivity contribution in [1.82, 2.24) is 0 Å². The van der Waals surface area contributed by atoms with Gasteiger partial charge in [-0.05, 0) is 6.92 Å². The molecule has 0 amide bonds. The second kappa shape index (κ2) is 6.54. The molecule has 90 valence electrons. The molecule has 0 radical (unpaired) electrons. The average molecular weight is 232 g/mol. The molecule has 1 unspecified atom stereocenters. The molecule has 0 heterocycles. The predicted octanol–water partition coefficient (Wildman–Crippen LogP) is -0.429. The molecule has 0 fully saturated rings. The SMILES string of the molecule is CC(=O)OC(=O)COC(=O)C(C)OC(C)=O. The molecule has 0 spiro atoms. The number of esters is 4. The van der Waals surface area contributed by atoms with Crippen molar-refractivity contribution in [2.24, 2.45) is 0 Å². The van der Waals surface area contributed by atoms with Gasteiger partial charge in [0.2, 0.25) is 0 Å². The summed E-state index contributed by atoms with van der Waals surface area (Å²) in [5.74, 6) is -3.32. The van der Waals surface area contributed by atoms with E-state index in [0.29, 0.717) is 0 Å². The van der Waals surface area contributed by atoms with E-state index in [1.807, 2.05) is 0 Å². The van der Waals surface area contributed by atoms with Gasteiger partial charge in [0.25, 0.3) is 0 Å². The number of carbonyl (C=O) groups is 4. The maximum absolute atomic E-state index is 11.1. The lowest BCUT2D eigenvalue weighted by Crippen LogP contribution is -2.28. The Morgan fingerprint density at radius 1 is 1.06 bits per heavy atom. The fourth-order valence-corrected chi connectivity index (χ4v) is 0.734. The highest BCUT2D eigenvalue weighted by Gasteiger charge is 2.19. The van der Waals surface area contributed by atoms with Gasteiger partial charge in [-0.3, -0.25) is 9.59 Å². The van der Waals surface area contributed by atoms with Crippen molar-refractivity contribution in [3.63, 3.8) is 0 Å². The van der Waals surface area contributed by atoms with E-state index in [4.69, 9.17) is 0 Å². The Hall–Kier alpha value is -1.92. The highest BCUT2D eigenvalue weighted by molar-refractivity contribution is 5.86. The fraction of sp³-hybridized carbons (Fsp3) is 0.556. The van der Waals surface area contributed by atoms with Crippen LogP contribution >= 0.6 is 0 Å². The fourth-order valence-electron chi connectivity index (χ4n) is 0.734. The third-order valence-electron chi connectivity index (χ3n) is 1.26. The van der Waals surface area contributed by atoms with Gasteiger partial charge in [0.05, 0.1) is 0 Å². The Labute approximate surface area is 91.6 Å². The van der Waals surface area contributed by atoms with Gasteiger partial charge in [0, 0.05) is 13.8 Å². The zero-order valence-corrected chi connectivity index (χ0v) is 9.14. The minimum atomic E-state index is -1.11. The monoisotopic (exact) mass is 232 g/mol. The summed E-state index contributed by atoms with van der Waals surface area (Å²) < 4.78 is 13.0. The first-order valence-corrected chi connectivity index (χ1v) is 4.38. The molecule has 16 heavy (non-hydrogen) atoms. The molecule has 0 aromatic heterocycles. The molecule has 0 N–H and O–H groups in total. The van der Waals surface area contributed by atoms with Gasteiger partial charge in [0.1, 0.15) is 0 Å². The van der Waals surface area contributed by atoms with Gasteiger partial charge in [-0.25, -0.2) is 9.59 Å².